The van der Waals surface area contributed by atoms with Crippen LogP contribution >= 0.6 is 0 Å². The number of esters is 2. The highest BCUT2D eigenvalue weighted by molar-refractivity contribution is 5.93. The molecule has 1 aliphatic rings. The second kappa shape index (κ2) is 5.73. The fourth-order valence-electron chi connectivity index (χ4n) is 1.91. The van der Waals surface area contributed by atoms with Gasteiger partial charge in [0.2, 0.25) is 12.0 Å². The van der Waals surface area contributed by atoms with Crippen LogP contribution in [0.4, 0.5) is 5.69 Å². The van der Waals surface area contributed by atoms with Crippen molar-refractivity contribution in [1.82, 2.24) is 0 Å². The molecule has 1 aromatic carbocycles. The molecule has 1 fully saturated rings. The number of cyclic esters (lactones) is 1. The molecule has 0 aliphatic carbocycles. The summed E-state index contributed by atoms with van der Waals surface area (Å²) in [5.41, 5.74) is 0.898. The number of carbonyl (C=O) groups is 3. The van der Waals surface area contributed by atoms with Crippen LogP contribution in [0.2, 0.25) is 0 Å². The first kappa shape index (κ1) is 14.0. The van der Waals surface area contributed by atoms with E-state index in [9.17, 15) is 14.4 Å². The van der Waals surface area contributed by atoms with Crippen molar-refractivity contribution in [3.05, 3.63) is 29.8 Å². The molecule has 0 radical (unpaired) electrons. The second-order valence-corrected chi connectivity index (χ2v) is 4.64. The molecule has 1 aliphatic heterocycles. The Morgan fingerprint density at radius 3 is 2.45 bits per heavy atom. The van der Waals surface area contributed by atoms with Gasteiger partial charge in [-0.15, -0.1) is 0 Å². The second-order valence-electron chi connectivity index (χ2n) is 4.64. The molecule has 1 heterocycles. The highest BCUT2D eigenvalue weighted by Crippen LogP contribution is 2.19. The Morgan fingerprint density at radius 2 is 1.95 bits per heavy atom. The van der Waals surface area contributed by atoms with Crippen molar-refractivity contribution >= 4 is 23.5 Å². The van der Waals surface area contributed by atoms with E-state index in [1.807, 2.05) is 0 Å². The van der Waals surface area contributed by atoms with Gasteiger partial charge in [0.25, 0.3) is 0 Å². The predicted molar refractivity (Wildman–Crippen MR) is 70.1 cm³/mol. The fraction of sp³-hybridized carbons (Fsp3) is 0.357. The van der Waals surface area contributed by atoms with E-state index in [0.29, 0.717) is 17.7 Å². The van der Waals surface area contributed by atoms with Gasteiger partial charge in [0, 0.05) is 19.0 Å². The van der Waals surface area contributed by atoms with Crippen molar-refractivity contribution in [2.75, 3.05) is 5.32 Å². The van der Waals surface area contributed by atoms with Gasteiger partial charge in [-0.1, -0.05) is 0 Å². The molecule has 1 saturated heterocycles. The Labute approximate surface area is 116 Å². The Hall–Kier alpha value is -2.37. The Balaban J connectivity index is 1.99. The highest BCUT2D eigenvalue weighted by Gasteiger charge is 2.35. The third-order valence-corrected chi connectivity index (χ3v) is 2.82. The standard InChI is InChI=1S/C14H15NO5/c1-8-7-12(14(18)19-8)20-13(17)10-3-5-11(6-4-10)15-9(2)16/h3-6,8,12H,7H2,1-2H3,(H,15,16)/t8-,12-/m1/s1. The van der Waals surface area contributed by atoms with Gasteiger partial charge in [-0.3, -0.25) is 4.79 Å². The minimum absolute atomic E-state index is 0.192. The van der Waals surface area contributed by atoms with Crippen LogP contribution in [0.1, 0.15) is 30.6 Å². The van der Waals surface area contributed by atoms with Gasteiger partial charge in [-0.25, -0.2) is 9.59 Å². The molecule has 0 unspecified atom stereocenters. The molecule has 106 valence electrons. The molecule has 0 bridgehead atoms. The third-order valence-electron chi connectivity index (χ3n) is 2.82. The summed E-state index contributed by atoms with van der Waals surface area (Å²) in [5, 5.41) is 2.59. The molecular formula is C14H15NO5. The Morgan fingerprint density at radius 1 is 1.30 bits per heavy atom. The van der Waals surface area contributed by atoms with E-state index >= 15 is 0 Å². The summed E-state index contributed by atoms with van der Waals surface area (Å²) in [4.78, 5) is 34.1. The topological polar surface area (TPSA) is 81.7 Å². The molecule has 2 rings (SSSR count). The van der Waals surface area contributed by atoms with Crippen molar-refractivity contribution in [3.8, 4) is 0 Å². The monoisotopic (exact) mass is 277 g/mol. The van der Waals surface area contributed by atoms with Crippen molar-refractivity contribution < 1.29 is 23.9 Å². The molecule has 20 heavy (non-hydrogen) atoms. The van der Waals surface area contributed by atoms with Crippen LogP contribution in [-0.2, 0) is 19.1 Å². The maximum atomic E-state index is 11.9. The first-order valence-corrected chi connectivity index (χ1v) is 6.25. The van der Waals surface area contributed by atoms with Gasteiger partial charge in [0.15, 0.2) is 0 Å². The molecule has 6 nitrogen and oxygen atoms in total. The Kier molecular flexibility index (Phi) is 4.02. The summed E-state index contributed by atoms with van der Waals surface area (Å²) in [6.07, 6.45) is -0.705. The number of rotatable bonds is 3. The molecule has 0 saturated carbocycles. The van der Waals surface area contributed by atoms with E-state index in [1.165, 1.54) is 19.1 Å². The average Bonchev–Trinajstić information content (AvgIpc) is 2.68. The lowest BCUT2D eigenvalue weighted by atomic mass is 10.2. The lowest BCUT2D eigenvalue weighted by Crippen LogP contribution is -2.22. The quantitative estimate of drug-likeness (QED) is 0.847. The first-order chi connectivity index (χ1) is 9.45. The molecule has 0 aromatic heterocycles. The number of anilines is 1. The summed E-state index contributed by atoms with van der Waals surface area (Å²) in [5.74, 6) is -1.29. The summed E-state index contributed by atoms with van der Waals surface area (Å²) in [6, 6.07) is 6.23. The maximum absolute atomic E-state index is 11.9. The van der Waals surface area contributed by atoms with Crippen LogP contribution in [0.5, 0.6) is 0 Å². The van der Waals surface area contributed by atoms with Crippen molar-refractivity contribution in [1.29, 1.82) is 0 Å². The van der Waals surface area contributed by atoms with E-state index in [0.717, 1.165) is 0 Å². The van der Waals surface area contributed by atoms with Gasteiger partial charge >= 0.3 is 11.9 Å². The van der Waals surface area contributed by atoms with Crippen molar-refractivity contribution in [2.24, 2.45) is 0 Å². The van der Waals surface area contributed by atoms with Gasteiger partial charge < -0.3 is 14.8 Å². The van der Waals surface area contributed by atoms with Crippen LogP contribution in [0, 0.1) is 0 Å². The number of ether oxygens (including phenoxy) is 2. The van der Waals surface area contributed by atoms with Gasteiger partial charge in [-0.05, 0) is 31.2 Å². The first-order valence-electron chi connectivity index (χ1n) is 6.25. The smallest absolute Gasteiger partial charge is 0.347 e. The van der Waals surface area contributed by atoms with E-state index < -0.39 is 18.0 Å². The molecule has 0 spiro atoms. The van der Waals surface area contributed by atoms with Crippen LogP contribution < -0.4 is 5.32 Å². The molecule has 1 aromatic rings. The number of hydrogen-bond acceptors (Lipinski definition) is 5. The van der Waals surface area contributed by atoms with Gasteiger partial charge in [0.05, 0.1) is 5.56 Å². The summed E-state index contributed by atoms with van der Waals surface area (Å²) >= 11 is 0. The zero-order valence-electron chi connectivity index (χ0n) is 11.2. The summed E-state index contributed by atoms with van der Waals surface area (Å²) in [6.45, 7) is 3.14. The van der Waals surface area contributed by atoms with E-state index in [-0.39, 0.29) is 12.0 Å². The lowest BCUT2D eigenvalue weighted by molar-refractivity contribution is -0.147. The number of benzene rings is 1. The highest BCUT2D eigenvalue weighted by atomic mass is 16.6. The normalized spacial score (nSPS) is 21.2. The predicted octanol–water partition coefficient (Wildman–Crippen LogP) is 1.51. The van der Waals surface area contributed by atoms with Crippen LogP contribution in [0.3, 0.4) is 0 Å². The largest absolute Gasteiger partial charge is 0.460 e. The third kappa shape index (κ3) is 3.34. The molecule has 2 atom stereocenters. The fourth-order valence-corrected chi connectivity index (χ4v) is 1.91. The lowest BCUT2D eigenvalue weighted by Gasteiger charge is -2.09. The maximum Gasteiger partial charge on any atom is 0.347 e. The zero-order chi connectivity index (χ0) is 14.7. The van der Waals surface area contributed by atoms with Gasteiger partial charge in [-0.2, -0.15) is 0 Å². The summed E-state index contributed by atoms with van der Waals surface area (Å²) < 4.78 is 10.0. The molecule has 1 N–H and O–H groups in total. The van der Waals surface area contributed by atoms with Crippen molar-refractivity contribution in [3.63, 3.8) is 0 Å². The van der Waals surface area contributed by atoms with Crippen LogP contribution in [-0.4, -0.2) is 30.1 Å². The number of carbonyl (C=O) groups excluding carboxylic acids is 3. The van der Waals surface area contributed by atoms with E-state index in [4.69, 9.17) is 9.47 Å². The SMILES string of the molecule is CC(=O)Nc1ccc(C(=O)O[C@@H]2C[C@@H](C)OC2=O)cc1. The minimum atomic E-state index is -0.840. The van der Waals surface area contributed by atoms with Crippen molar-refractivity contribution in [2.45, 2.75) is 32.5 Å². The van der Waals surface area contributed by atoms with Crippen LogP contribution in [0.15, 0.2) is 24.3 Å². The number of amides is 1. The minimum Gasteiger partial charge on any atom is -0.460 e. The summed E-state index contributed by atoms with van der Waals surface area (Å²) in [7, 11) is 0. The van der Waals surface area contributed by atoms with E-state index in [2.05, 4.69) is 5.32 Å². The van der Waals surface area contributed by atoms with Gasteiger partial charge in [0.1, 0.15) is 6.10 Å². The van der Waals surface area contributed by atoms with Crippen LogP contribution in [0.25, 0.3) is 0 Å². The average molecular weight is 277 g/mol. The zero-order valence-corrected chi connectivity index (χ0v) is 11.2. The molecule has 1 amide bonds. The number of hydrogen-bond donors (Lipinski definition) is 1. The molecule has 6 heteroatoms. The number of nitrogens with one attached hydrogen (secondary N) is 1. The Bertz CT molecular complexity index is 537. The molecular weight excluding hydrogens is 262 g/mol. The van der Waals surface area contributed by atoms with E-state index in [1.54, 1.807) is 19.1 Å².